The number of amides is 1. The van der Waals surface area contributed by atoms with E-state index in [0.717, 1.165) is 10.6 Å². The van der Waals surface area contributed by atoms with Gasteiger partial charge in [0.25, 0.3) is 5.91 Å². The van der Waals surface area contributed by atoms with Crippen molar-refractivity contribution in [2.45, 2.75) is 13.8 Å². The average Bonchev–Trinajstić information content (AvgIpc) is 2.65. The Labute approximate surface area is 169 Å². The lowest BCUT2D eigenvalue weighted by Crippen LogP contribution is -2.37. The Morgan fingerprint density at radius 3 is 2.21 bits per heavy atom. The minimum absolute atomic E-state index is 0.0964. The summed E-state index contributed by atoms with van der Waals surface area (Å²) in [6.07, 6.45) is 0.990. The van der Waals surface area contributed by atoms with Crippen molar-refractivity contribution < 1.29 is 27.5 Å². The first kappa shape index (κ1) is 22.1. The topological polar surface area (TPSA) is 110 Å². The molecular weight excluding hydrogens is 396 g/mol. The smallest absolute Gasteiger partial charge is 0.327 e. The molecule has 0 unspecified atom stereocenters. The highest BCUT2D eigenvalue weighted by Crippen LogP contribution is 2.21. The lowest BCUT2D eigenvalue weighted by molar-refractivity contribution is -0.145. The molecule has 2 rings (SSSR count). The van der Waals surface area contributed by atoms with Crippen LogP contribution in [-0.2, 0) is 24.3 Å². The van der Waals surface area contributed by atoms with Crippen molar-refractivity contribution in [3.63, 3.8) is 0 Å². The molecule has 0 radical (unpaired) electrons. The van der Waals surface area contributed by atoms with E-state index in [4.69, 9.17) is 4.74 Å². The molecule has 0 heterocycles. The first-order valence-electron chi connectivity index (χ1n) is 8.67. The molecule has 2 aromatic rings. The highest BCUT2D eigenvalue weighted by atomic mass is 32.2. The molecule has 8 nitrogen and oxygen atoms in total. The van der Waals surface area contributed by atoms with Gasteiger partial charge in [0.15, 0.2) is 12.4 Å². The van der Waals surface area contributed by atoms with Crippen LogP contribution in [0.25, 0.3) is 0 Å². The van der Waals surface area contributed by atoms with Gasteiger partial charge in [-0.05, 0) is 49.7 Å². The van der Waals surface area contributed by atoms with Crippen LogP contribution >= 0.6 is 0 Å². The second-order valence-electron chi connectivity index (χ2n) is 6.40. The van der Waals surface area contributed by atoms with Crippen molar-refractivity contribution in [1.29, 1.82) is 0 Å². The molecule has 1 N–H and O–H groups in total. The summed E-state index contributed by atoms with van der Waals surface area (Å²) in [5.74, 6) is -1.54. The van der Waals surface area contributed by atoms with Gasteiger partial charge in [-0.1, -0.05) is 18.2 Å². The zero-order valence-corrected chi connectivity index (χ0v) is 17.2. The summed E-state index contributed by atoms with van der Waals surface area (Å²) in [5, 5.41) is 2.53. The SMILES string of the molecule is CC(=O)c1ccc(NC(=O)COC(=O)CN(c2ccccc2C)S(C)(=O)=O)cc1. The predicted molar refractivity (Wildman–Crippen MR) is 109 cm³/mol. The maximum absolute atomic E-state index is 12.1. The number of Topliss-reactive ketones (excluding diaryl/α,β-unsaturated/α-hetero) is 1. The molecule has 0 spiro atoms. The summed E-state index contributed by atoms with van der Waals surface area (Å²) in [6, 6.07) is 13.0. The Morgan fingerprint density at radius 1 is 1.03 bits per heavy atom. The number of anilines is 2. The van der Waals surface area contributed by atoms with Crippen molar-refractivity contribution in [3.05, 3.63) is 59.7 Å². The Balaban J connectivity index is 1.96. The number of hydrogen-bond acceptors (Lipinski definition) is 6. The number of esters is 1. The number of carbonyl (C=O) groups excluding carboxylic acids is 3. The second-order valence-corrected chi connectivity index (χ2v) is 8.31. The van der Waals surface area contributed by atoms with Crippen molar-refractivity contribution in [2.75, 3.05) is 29.0 Å². The van der Waals surface area contributed by atoms with Crippen LogP contribution in [0.3, 0.4) is 0 Å². The second kappa shape index (κ2) is 9.33. The van der Waals surface area contributed by atoms with Crippen molar-refractivity contribution in [3.8, 4) is 0 Å². The molecule has 0 aromatic heterocycles. The number of para-hydroxylation sites is 1. The largest absolute Gasteiger partial charge is 0.454 e. The fourth-order valence-corrected chi connectivity index (χ4v) is 3.42. The summed E-state index contributed by atoms with van der Waals surface area (Å²) in [4.78, 5) is 35.3. The Morgan fingerprint density at radius 2 is 1.66 bits per heavy atom. The molecule has 0 saturated heterocycles. The van der Waals surface area contributed by atoms with Gasteiger partial charge in [-0.25, -0.2) is 8.42 Å². The molecule has 1 amide bonds. The van der Waals surface area contributed by atoms with E-state index < -0.39 is 35.1 Å². The third kappa shape index (κ3) is 6.42. The number of carbonyl (C=O) groups is 3. The van der Waals surface area contributed by atoms with Crippen LogP contribution in [0.2, 0.25) is 0 Å². The van der Waals surface area contributed by atoms with Crippen LogP contribution in [-0.4, -0.2) is 45.5 Å². The monoisotopic (exact) mass is 418 g/mol. The molecule has 0 atom stereocenters. The van der Waals surface area contributed by atoms with E-state index in [0.29, 0.717) is 22.5 Å². The summed E-state index contributed by atoms with van der Waals surface area (Å²) < 4.78 is 30.0. The van der Waals surface area contributed by atoms with E-state index in [1.807, 2.05) is 0 Å². The van der Waals surface area contributed by atoms with Crippen molar-refractivity contribution in [1.82, 2.24) is 0 Å². The molecule has 154 valence electrons. The lowest BCUT2D eigenvalue weighted by atomic mass is 10.1. The fraction of sp³-hybridized carbons (Fsp3) is 0.250. The Kier molecular flexibility index (Phi) is 7.11. The first-order chi connectivity index (χ1) is 13.6. The maximum Gasteiger partial charge on any atom is 0.327 e. The van der Waals surface area contributed by atoms with Crippen molar-refractivity contribution >= 4 is 39.1 Å². The van der Waals surface area contributed by atoms with Gasteiger partial charge < -0.3 is 10.1 Å². The van der Waals surface area contributed by atoms with Crippen molar-refractivity contribution in [2.24, 2.45) is 0 Å². The highest BCUT2D eigenvalue weighted by Gasteiger charge is 2.23. The molecule has 2 aromatic carbocycles. The van der Waals surface area contributed by atoms with Gasteiger partial charge in [0, 0.05) is 11.3 Å². The van der Waals surface area contributed by atoms with Gasteiger partial charge in [0.05, 0.1) is 11.9 Å². The van der Waals surface area contributed by atoms with Crippen LogP contribution in [0.4, 0.5) is 11.4 Å². The number of aryl methyl sites for hydroxylation is 1. The van der Waals surface area contributed by atoms with Crippen LogP contribution in [0.1, 0.15) is 22.8 Å². The number of nitrogens with zero attached hydrogens (tertiary/aromatic N) is 1. The molecule has 0 fully saturated rings. The summed E-state index contributed by atoms with van der Waals surface area (Å²) >= 11 is 0. The van der Waals surface area contributed by atoms with E-state index in [9.17, 15) is 22.8 Å². The first-order valence-corrected chi connectivity index (χ1v) is 10.5. The van der Waals surface area contributed by atoms with E-state index in [-0.39, 0.29) is 5.78 Å². The van der Waals surface area contributed by atoms with E-state index >= 15 is 0 Å². The lowest BCUT2D eigenvalue weighted by Gasteiger charge is -2.23. The molecule has 29 heavy (non-hydrogen) atoms. The standard InChI is InChI=1S/C20H22N2O6S/c1-14-6-4-5-7-18(14)22(29(3,26)27)12-20(25)28-13-19(24)21-17-10-8-16(9-11-17)15(2)23/h4-11H,12-13H2,1-3H3,(H,21,24). The van der Waals surface area contributed by atoms with E-state index in [2.05, 4.69) is 5.32 Å². The normalized spacial score (nSPS) is 10.9. The zero-order valence-electron chi connectivity index (χ0n) is 16.3. The number of nitrogens with one attached hydrogen (secondary N) is 1. The van der Waals surface area contributed by atoms with Gasteiger partial charge in [0.2, 0.25) is 10.0 Å². The van der Waals surface area contributed by atoms with Crippen LogP contribution in [0, 0.1) is 6.92 Å². The minimum atomic E-state index is -3.73. The average molecular weight is 418 g/mol. The van der Waals surface area contributed by atoms with Gasteiger partial charge in [-0.3, -0.25) is 18.7 Å². The quantitative estimate of drug-likeness (QED) is 0.520. The Bertz CT molecular complexity index is 1020. The fourth-order valence-electron chi connectivity index (χ4n) is 2.52. The van der Waals surface area contributed by atoms with Crippen LogP contribution < -0.4 is 9.62 Å². The molecule has 0 bridgehead atoms. The van der Waals surface area contributed by atoms with Crippen LogP contribution in [0.5, 0.6) is 0 Å². The maximum atomic E-state index is 12.1. The Hall–Kier alpha value is -3.20. The molecule has 0 saturated carbocycles. The highest BCUT2D eigenvalue weighted by molar-refractivity contribution is 7.92. The minimum Gasteiger partial charge on any atom is -0.454 e. The number of sulfonamides is 1. The third-order valence-corrected chi connectivity index (χ3v) is 5.12. The zero-order chi connectivity index (χ0) is 21.6. The van der Waals surface area contributed by atoms with Gasteiger partial charge >= 0.3 is 5.97 Å². The van der Waals surface area contributed by atoms with Crippen LogP contribution in [0.15, 0.2) is 48.5 Å². The van der Waals surface area contributed by atoms with Gasteiger partial charge in [-0.15, -0.1) is 0 Å². The summed E-state index contributed by atoms with van der Waals surface area (Å²) in [5.41, 5.74) is 1.99. The van der Waals surface area contributed by atoms with E-state index in [1.165, 1.54) is 6.92 Å². The molecular formula is C20H22N2O6S. The number of benzene rings is 2. The molecule has 0 aliphatic heterocycles. The summed E-state index contributed by atoms with van der Waals surface area (Å²) in [7, 11) is -3.73. The summed E-state index contributed by atoms with van der Waals surface area (Å²) in [6.45, 7) is 2.04. The third-order valence-electron chi connectivity index (χ3n) is 4.00. The predicted octanol–water partition coefficient (Wildman–Crippen LogP) is 2.15. The number of hydrogen-bond donors (Lipinski definition) is 1. The van der Waals surface area contributed by atoms with Gasteiger partial charge in [0.1, 0.15) is 6.54 Å². The van der Waals surface area contributed by atoms with Gasteiger partial charge in [-0.2, -0.15) is 0 Å². The molecule has 0 aliphatic rings. The van der Waals surface area contributed by atoms with E-state index in [1.54, 1.807) is 55.5 Å². The number of ketones is 1. The number of ether oxygens (including phenoxy) is 1. The molecule has 9 heteroatoms. The molecule has 0 aliphatic carbocycles. The number of rotatable bonds is 8.